The maximum Gasteiger partial charge on any atom is 0.0792 e. The van der Waals surface area contributed by atoms with E-state index in [2.05, 4.69) is 99.9 Å². The van der Waals surface area contributed by atoms with E-state index in [1.807, 2.05) is 0 Å². The number of benzene rings is 2. The van der Waals surface area contributed by atoms with E-state index in [0.29, 0.717) is 0 Å². The van der Waals surface area contributed by atoms with E-state index < -0.39 is 16.1 Å². The second-order valence-electron chi connectivity index (χ2n) is 8.73. The van der Waals surface area contributed by atoms with Gasteiger partial charge in [0.05, 0.1) is 16.1 Å². The molecule has 124 valence electrons. The van der Waals surface area contributed by atoms with Crippen molar-refractivity contribution in [3.05, 3.63) is 82.2 Å². The lowest BCUT2D eigenvalue weighted by molar-refractivity contribution is 1.46. The predicted octanol–water partition coefficient (Wildman–Crippen LogP) is 6.66. The lowest BCUT2D eigenvalue weighted by atomic mass is 9.87. The quantitative estimate of drug-likeness (QED) is 0.542. The second kappa shape index (κ2) is 6.01. The minimum atomic E-state index is -1.44. The fourth-order valence-corrected chi connectivity index (χ4v) is 8.05. The maximum absolute atomic E-state index is 2.48. The van der Waals surface area contributed by atoms with Crippen LogP contribution >= 0.6 is 0 Å². The van der Waals surface area contributed by atoms with Crippen LogP contribution in [0.15, 0.2) is 71.1 Å². The van der Waals surface area contributed by atoms with Crippen LogP contribution < -0.4 is 0 Å². The highest BCUT2D eigenvalue weighted by Crippen LogP contribution is 2.53. The molecule has 0 atom stereocenters. The largest absolute Gasteiger partial charge is 0.0792 e. The molecule has 2 heteroatoms. The fraction of sp³-hybridized carbons (Fsp3) is 0.273. The van der Waals surface area contributed by atoms with E-state index in [4.69, 9.17) is 0 Å². The molecule has 24 heavy (non-hydrogen) atoms. The van der Waals surface area contributed by atoms with Gasteiger partial charge in [-0.25, -0.2) is 0 Å². The molecule has 0 saturated heterocycles. The van der Waals surface area contributed by atoms with Crippen LogP contribution in [0.3, 0.4) is 0 Å². The van der Waals surface area contributed by atoms with Gasteiger partial charge in [0.2, 0.25) is 0 Å². The minimum absolute atomic E-state index is 1.41. The minimum Gasteiger partial charge on any atom is -0.0656 e. The summed E-state index contributed by atoms with van der Waals surface area (Å²) in [4.78, 5) is 0. The van der Waals surface area contributed by atoms with E-state index in [9.17, 15) is 0 Å². The third kappa shape index (κ3) is 3.01. The van der Waals surface area contributed by atoms with Crippen LogP contribution in [-0.2, 0) is 0 Å². The Hall–Kier alpha value is -1.65. The molecule has 0 radical (unpaired) electrons. The zero-order chi connectivity index (χ0) is 17.5. The summed E-state index contributed by atoms with van der Waals surface area (Å²) in [6.07, 6.45) is 0. The molecule has 0 heterocycles. The van der Waals surface area contributed by atoms with Crippen LogP contribution in [0.5, 0.6) is 0 Å². The third-order valence-corrected chi connectivity index (χ3v) is 8.62. The Balaban J connectivity index is 2.28. The van der Waals surface area contributed by atoms with Crippen molar-refractivity contribution in [2.24, 2.45) is 0 Å². The van der Waals surface area contributed by atoms with Crippen molar-refractivity contribution >= 4 is 27.3 Å². The van der Waals surface area contributed by atoms with Gasteiger partial charge in [-0.1, -0.05) is 99.9 Å². The number of hydrogen-bond acceptors (Lipinski definition) is 0. The van der Waals surface area contributed by atoms with Gasteiger partial charge in [-0.3, -0.25) is 0 Å². The molecular formula is C22H28Si2. The second-order valence-corrected chi connectivity index (χ2v) is 18.7. The van der Waals surface area contributed by atoms with E-state index in [0.717, 1.165) is 0 Å². The van der Waals surface area contributed by atoms with Gasteiger partial charge in [0.15, 0.2) is 0 Å². The SMILES string of the molecule is C[Si](C)(C)C1=C(c2ccccc2)C([Si](C)(C)C)=C1c1ccccc1. The van der Waals surface area contributed by atoms with Gasteiger partial charge in [-0.15, -0.1) is 0 Å². The van der Waals surface area contributed by atoms with Crippen molar-refractivity contribution in [2.45, 2.75) is 39.3 Å². The Morgan fingerprint density at radius 1 is 0.458 bits per heavy atom. The van der Waals surface area contributed by atoms with Crippen molar-refractivity contribution in [1.82, 2.24) is 0 Å². The van der Waals surface area contributed by atoms with Gasteiger partial charge in [0, 0.05) is 0 Å². The van der Waals surface area contributed by atoms with Crippen LogP contribution in [0.4, 0.5) is 0 Å². The Kier molecular flexibility index (Phi) is 4.31. The molecular weight excluding hydrogens is 320 g/mol. The molecule has 0 N–H and O–H groups in total. The first kappa shape index (κ1) is 17.2. The van der Waals surface area contributed by atoms with E-state index in [1.165, 1.54) is 11.1 Å². The van der Waals surface area contributed by atoms with Crippen LogP contribution in [0.1, 0.15) is 11.1 Å². The van der Waals surface area contributed by atoms with E-state index in [1.54, 1.807) is 21.5 Å². The maximum atomic E-state index is 2.48. The number of rotatable bonds is 4. The average molecular weight is 349 g/mol. The smallest absolute Gasteiger partial charge is 0.0656 e. The molecule has 1 aliphatic rings. The number of allylic oxidation sites excluding steroid dienone is 4. The summed E-state index contributed by atoms with van der Waals surface area (Å²) in [7, 11) is -2.88. The van der Waals surface area contributed by atoms with Crippen molar-refractivity contribution in [3.8, 4) is 0 Å². The molecule has 0 fully saturated rings. The Morgan fingerprint density at radius 2 is 0.750 bits per heavy atom. The van der Waals surface area contributed by atoms with Crippen molar-refractivity contribution in [1.29, 1.82) is 0 Å². The fourth-order valence-electron chi connectivity index (χ4n) is 3.72. The molecule has 2 aromatic rings. The summed E-state index contributed by atoms with van der Waals surface area (Å²) >= 11 is 0. The van der Waals surface area contributed by atoms with Crippen molar-refractivity contribution in [2.75, 3.05) is 0 Å². The molecule has 0 aromatic heterocycles. The van der Waals surface area contributed by atoms with Gasteiger partial charge < -0.3 is 0 Å². The van der Waals surface area contributed by atoms with Gasteiger partial charge in [0.1, 0.15) is 0 Å². The molecule has 0 spiro atoms. The first-order valence-electron chi connectivity index (χ1n) is 8.82. The standard InChI is InChI=1S/C22H28Si2/c1-23(2,3)21-19(17-13-9-7-10-14-17)22(24(4,5)6)20(21)18-15-11-8-12-16-18/h7-16H,1-6H3. The summed E-state index contributed by atoms with van der Waals surface area (Å²) in [5, 5.41) is 3.33. The summed E-state index contributed by atoms with van der Waals surface area (Å²) in [5.41, 5.74) is 5.97. The summed E-state index contributed by atoms with van der Waals surface area (Å²) in [6.45, 7) is 14.9. The highest BCUT2D eigenvalue weighted by molar-refractivity contribution is 6.94. The first-order chi connectivity index (χ1) is 11.2. The summed E-state index contributed by atoms with van der Waals surface area (Å²) < 4.78 is 0. The van der Waals surface area contributed by atoms with Crippen LogP contribution in [0, 0.1) is 0 Å². The monoisotopic (exact) mass is 348 g/mol. The molecule has 0 unspecified atom stereocenters. The molecule has 2 aromatic carbocycles. The molecule has 3 rings (SSSR count). The molecule has 0 aliphatic heterocycles. The van der Waals surface area contributed by atoms with Gasteiger partial charge in [-0.2, -0.15) is 0 Å². The van der Waals surface area contributed by atoms with Crippen LogP contribution in [0.25, 0.3) is 11.1 Å². The van der Waals surface area contributed by atoms with E-state index in [-0.39, 0.29) is 0 Å². The molecule has 0 saturated carbocycles. The van der Waals surface area contributed by atoms with Gasteiger partial charge in [0.25, 0.3) is 0 Å². The van der Waals surface area contributed by atoms with Gasteiger partial charge in [-0.05, 0) is 32.7 Å². The zero-order valence-corrected chi connectivity index (χ0v) is 17.8. The normalized spacial score (nSPS) is 15.6. The topological polar surface area (TPSA) is 0 Å². The van der Waals surface area contributed by atoms with Gasteiger partial charge >= 0.3 is 0 Å². The van der Waals surface area contributed by atoms with Crippen LogP contribution in [-0.4, -0.2) is 16.1 Å². The predicted molar refractivity (Wildman–Crippen MR) is 113 cm³/mol. The highest BCUT2D eigenvalue weighted by Gasteiger charge is 2.42. The lowest BCUT2D eigenvalue weighted by Gasteiger charge is -2.43. The Bertz CT molecular complexity index is 716. The zero-order valence-electron chi connectivity index (χ0n) is 15.8. The lowest BCUT2D eigenvalue weighted by Crippen LogP contribution is -2.38. The molecule has 1 aliphatic carbocycles. The summed E-state index contributed by atoms with van der Waals surface area (Å²) in [5.74, 6) is 0. The third-order valence-electron chi connectivity index (χ3n) is 4.62. The Morgan fingerprint density at radius 3 is 1.00 bits per heavy atom. The average Bonchev–Trinajstić information content (AvgIpc) is 2.45. The van der Waals surface area contributed by atoms with Crippen LogP contribution in [0.2, 0.25) is 39.3 Å². The van der Waals surface area contributed by atoms with E-state index >= 15 is 0 Å². The molecule has 0 bridgehead atoms. The molecule has 0 nitrogen and oxygen atoms in total. The Labute approximate surface area is 149 Å². The first-order valence-corrected chi connectivity index (χ1v) is 15.8. The molecule has 0 amide bonds. The highest BCUT2D eigenvalue weighted by atomic mass is 28.3. The summed E-state index contributed by atoms with van der Waals surface area (Å²) in [6, 6.07) is 22.1. The van der Waals surface area contributed by atoms with Crippen molar-refractivity contribution < 1.29 is 0 Å². The van der Waals surface area contributed by atoms with Crippen molar-refractivity contribution in [3.63, 3.8) is 0 Å². The number of hydrogen-bond donors (Lipinski definition) is 0.